The summed E-state index contributed by atoms with van der Waals surface area (Å²) >= 11 is 0. The number of sulfonamides is 1. The number of carbonyl (C=O) groups is 1. The quantitative estimate of drug-likeness (QED) is 0.583. The van der Waals surface area contributed by atoms with E-state index in [1.54, 1.807) is 41.0 Å². The lowest BCUT2D eigenvalue weighted by Gasteiger charge is -2.19. The van der Waals surface area contributed by atoms with Crippen molar-refractivity contribution in [3.05, 3.63) is 65.5 Å². The fraction of sp³-hybridized carbons (Fsp3) is 0.318. The number of hydrogen-bond acceptors (Lipinski definition) is 5. The van der Waals surface area contributed by atoms with E-state index in [4.69, 9.17) is 5.73 Å². The van der Waals surface area contributed by atoms with Crippen LogP contribution in [0.3, 0.4) is 0 Å². The van der Waals surface area contributed by atoms with Crippen molar-refractivity contribution in [2.75, 3.05) is 4.72 Å². The summed E-state index contributed by atoms with van der Waals surface area (Å²) in [6.45, 7) is 8.18. The maximum atomic E-state index is 12.9. The molecule has 0 aliphatic carbocycles. The maximum Gasteiger partial charge on any atom is 0.251 e. The summed E-state index contributed by atoms with van der Waals surface area (Å²) in [6, 6.07) is 13.8. The van der Waals surface area contributed by atoms with Crippen LogP contribution in [0.2, 0.25) is 0 Å². The van der Waals surface area contributed by atoms with Crippen LogP contribution >= 0.6 is 0 Å². The Labute approximate surface area is 182 Å². The number of nitrogens with two attached hydrogens (primary N) is 1. The molecule has 3 aromatic rings. The molecule has 8 nitrogen and oxygen atoms in total. The molecule has 0 atom stereocenters. The Morgan fingerprint density at radius 1 is 1.03 bits per heavy atom. The van der Waals surface area contributed by atoms with Crippen LogP contribution in [0.4, 0.5) is 5.69 Å². The van der Waals surface area contributed by atoms with Crippen LogP contribution in [-0.2, 0) is 27.7 Å². The molecule has 1 aromatic heterocycles. The Hall–Kier alpha value is -3.20. The van der Waals surface area contributed by atoms with Gasteiger partial charge in [0.1, 0.15) is 11.7 Å². The van der Waals surface area contributed by atoms with Crippen LogP contribution in [0.5, 0.6) is 0 Å². The predicted molar refractivity (Wildman–Crippen MR) is 121 cm³/mol. The monoisotopic (exact) mass is 441 g/mol. The van der Waals surface area contributed by atoms with Crippen LogP contribution in [0.1, 0.15) is 49.4 Å². The zero-order valence-electron chi connectivity index (χ0n) is 18.1. The number of aryl methyl sites for hydroxylation is 1. The number of rotatable bonds is 7. The predicted octanol–water partition coefficient (Wildman–Crippen LogP) is 3.30. The van der Waals surface area contributed by atoms with Crippen LogP contribution in [0.15, 0.2) is 48.5 Å². The molecule has 1 amide bonds. The number of carbonyl (C=O) groups excluding carboxylic acids is 1. The normalized spacial score (nSPS) is 12.0. The Morgan fingerprint density at radius 3 is 2.16 bits per heavy atom. The zero-order valence-corrected chi connectivity index (χ0v) is 18.9. The number of hydrogen-bond donors (Lipinski definition) is 2. The molecular formula is C22H27N5O3S. The second-order valence-corrected chi connectivity index (χ2v) is 10.0. The van der Waals surface area contributed by atoms with Gasteiger partial charge in [0, 0.05) is 23.2 Å². The van der Waals surface area contributed by atoms with Crippen LogP contribution in [-0.4, -0.2) is 29.1 Å². The second-order valence-electron chi connectivity index (χ2n) is 8.34. The fourth-order valence-corrected chi connectivity index (χ4v) is 4.32. The summed E-state index contributed by atoms with van der Waals surface area (Å²) < 4.78 is 30.0. The summed E-state index contributed by atoms with van der Waals surface area (Å²) in [4.78, 5) is 11.3. The zero-order chi connectivity index (χ0) is 22.8. The van der Waals surface area contributed by atoms with Gasteiger partial charge >= 0.3 is 0 Å². The number of nitrogens with zero attached hydrogens (tertiary/aromatic N) is 3. The first-order valence-corrected chi connectivity index (χ1v) is 11.6. The van der Waals surface area contributed by atoms with E-state index >= 15 is 0 Å². The summed E-state index contributed by atoms with van der Waals surface area (Å²) in [5.41, 5.74) is 7.88. The van der Waals surface area contributed by atoms with Gasteiger partial charge in [0.2, 0.25) is 5.91 Å². The Bertz CT molecular complexity index is 1180. The largest absolute Gasteiger partial charge is 0.366 e. The third-order valence-corrected chi connectivity index (χ3v) is 6.04. The average molecular weight is 442 g/mol. The van der Waals surface area contributed by atoms with E-state index < -0.39 is 15.9 Å². The van der Waals surface area contributed by atoms with Gasteiger partial charge in [0.15, 0.2) is 5.82 Å². The second kappa shape index (κ2) is 8.50. The van der Waals surface area contributed by atoms with Crippen molar-refractivity contribution < 1.29 is 13.2 Å². The Balaban J connectivity index is 1.87. The van der Waals surface area contributed by atoms with Gasteiger partial charge in [-0.25, -0.2) is 8.42 Å². The molecular weight excluding hydrogens is 414 g/mol. The van der Waals surface area contributed by atoms with E-state index in [1.165, 1.54) is 0 Å². The van der Waals surface area contributed by atoms with Crippen molar-refractivity contribution in [2.45, 2.75) is 45.4 Å². The number of anilines is 1. The van der Waals surface area contributed by atoms with Crippen molar-refractivity contribution in [3.63, 3.8) is 0 Å². The first-order valence-electron chi connectivity index (χ1n) is 9.93. The molecule has 31 heavy (non-hydrogen) atoms. The molecule has 0 spiro atoms. The van der Waals surface area contributed by atoms with Gasteiger partial charge in [0.05, 0.1) is 0 Å². The molecule has 1 heterocycles. The van der Waals surface area contributed by atoms with Gasteiger partial charge in [-0.2, -0.15) is 0 Å². The van der Waals surface area contributed by atoms with Gasteiger partial charge < -0.3 is 5.73 Å². The SMILES string of the molecule is CCc1nnc(-c2ccc(C(N)=O)cc2)n1CS(=O)(=O)Nc1ccc(C(C)(C)C)cc1. The molecule has 164 valence electrons. The highest BCUT2D eigenvalue weighted by atomic mass is 32.2. The molecule has 3 N–H and O–H groups in total. The van der Waals surface area contributed by atoms with E-state index in [0.717, 1.165) is 5.56 Å². The average Bonchev–Trinajstić information content (AvgIpc) is 3.09. The van der Waals surface area contributed by atoms with E-state index in [9.17, 15) is 13.2 Å². The highest BCUT2D eigenvalue weighted by molar-refractivity contribution is 7.91. The van der Waals surface area contributed by atoms with Gasteiger partial charge in [-0.05, 0) is 35.2 Å². The minimum absolute atomic E-state index is 0.0190. The lowest BCUT2D eigenvalue weighted by atomic mass is 9.87. The molecule has 3 rings (SSSR count). The number of amides is 1. The van der Waals surface area contributed by atoms with Crippen molar-refractivity contribution in [3.8, 4) is 11.4 Å². The van der Waals surface area contributed by atoms with Crippen molar-refractivity contribution in [2.24, 2.45) is 5.73 Å². The summed E-state index contributed by atoms with van der Waals surface area (Å²) in [6.07, 6.45) is 0.516. The summed E-state index contributed by atoms with van der Waals surface area (Å²) in [5, 5.41) is 8.29. The van der Waals surface area contributed by atoms with Crippen molar-refractivity contribution in [1.82, 2.24) is 14.8 Å². The summed E-state index contributed by atoms with van der Waals surface area (Å²) in [7, 11) is -3.73. The van der Waals surface area contributed by atoms with Gasteiger partial charge in [-0.3, -0.25) is 14.1 Å². The highest BCUT2D eigenvalue weighted by Crippen LogP contribution is 2.25. The topological polar surface area (TPSA) is 120 Å². The number of nitrogens with one attached hydrogen (secondary N) is 1. The lowest BCUT2D eigenvalue weighted by Crippen LogP contribution is -2.21. The molecule has 0 aliphatic rings. The number of benzene rings is 2. The molecule has 0 saturated heterocycles. The molecule has 0 aliphatic heterocycles. The van der Waals surface area contributed by atoms with Crippen molar-refractivity contribution >= 4 is 21.6 Å². The third kappa shape index (κ3) is 5.29. The maximum absolute atomic E-state index is 12.9. The molecule has 2 aromatic carbocycles. The first-order chi connectivity index (χ1) is 14.5. The highest BCUT2D eigenvalue weighted by Gasteiger charge is 2.20. The minimum Gasteiger partial charge on any atom is -0.366 e. The smallest absolute Gasteiger partial charge is 0.251 e. The van der Waals surface area contributed by atoms with Crippen LogP contribution < -0.4 is 10.5 Å². The third-order valence-electron chi connectivity index (χ3n) is 4.89. The molecule has 0 fully saturated rings. The number of aromatic nitrogens is 3. The van der Waals surface area contributed by atoms with E-state index in [2.05, 4.69) is 35.7 Å². The Morgan fingerprint density at radius 2 is 1.65 bits per heavy atom. The van der Waals surface area contributed by atoms with Gasteiger partial charge in [0.25, 0.3) is 10.0 Å². The van der Waals surface area contributed by atoms with Gasteiger partial charge in [-0.1, -0.05) is 52.0 Å². The molecule has 0 saturated carbocycles. The van der Waals surface area contributed by atoms with E-state index in [-0.39, 0.29) is 11.3 Å². The molecule has 0 radical (unpaired) electrons. The minimum atomic E-state index is -3.73. The standard InChI is InChI=1S/C22H27N5O3S/c1-5-19-24-25-21(16-8-6-15(7-9-16)20(23)28)27(19)14-31(29,30)26-18-12-10-17(11-13-18)22(2,3)4/h6-13,26H,5,14H2,1-4H3,(H2,23,28). The first kappa shape index (κ1) is 22.5. The van der Waals surface area contributed by atoms with E-state index in [1.807, 2.05) is 19.1 Å². The van der Waals surface area contributed by atoms with Crippen LogP contribution in [0.25, 0.3) is 11.4 Å². The number of primary amides is 1. The van der Waals surface area contributed by atoms with E-state index in [0.29, 0.717) is 34.9 Å². The summed E-state index contributed by atoms with van der Waals surface area (Å²) in [5.74, 6) is 0.0761. The van der Waals surface area contributed by atoms with Gasteiger partial charge in [-0.15, -0.1) is 10.2 Å². The molecule has 0 bridgehead atoms. The molecule has 9 heteroatoms. The lowest BCUT2D eigenvalue weighted by molar-refractivity contribution is 0.100. The van der Waals surface area contributed by atoms with Crippen molar-refractivity contribution in [1.29, 1.82) is 0 Å². The Kier molecular flexibility index (Phi) is 6.17. The fourth-order valence-electron chi connectivity index (χ4n) is 3.15. The van der Waals surface area contributed by atoms with Crippen LogP contribution in [0, 0.1) is 0 Å². The molecule has 0 unspecified atom stereocenters.